The van der Waals surface area contributed by atoms with Crippen LogP contribution in [-0.2, 0) is 16.6 Å². The highest BCUT2D eigenvalue weighted by Gasteiger charge is 2.18. The Hall–Kier alpha value is -2.35. The van der Waals surface area contributed by atoms with Crippen LogP contribution in [0.5, 0.6) is 0 Å². The minimum absolute atomic E-state index is 0.00499. The molecule has 0 unspecified atom stereocenters. The fourth-order valence-electron chi connectivity index (χ4n) is 2.24. The summed E-state index contributed by atoms with van der Waals surface area (Å²) >= 11 is 0. The number of aryl methyl sites for hydroxylation is 1. The highest BCUT2D eigenvalue weighted by molar-refractivity contribution is 7.92. The van der Waals surface area contributed by atoms with Crippen LogP contribution in [0.25, 0.3) is 10.9 Å². The summed E-state index contributed by atoms with van der Waals surface area (Å²) in [5.41, 5.74) is 1.22. The van der Waals surface area contributed by atoms with Gasteiger partial charge in [-0.05, 0) is 39.0 Å². The van der Waals surface area contributed by atoms with E-state index in [0.29, 0.717) is 5.69 Å². The Balaban J connectivity index is 1.89. The van der Waals surface area contributed by atoms with E-state index < -0.39 is 10.0 Å². The van der Waals surface area contributed by atoms with Crippen molar-refractivity contribution in [3.63, 3.8) is 0 Å². The Morgan fingerprint density at radius 2 is 2.04 bits per heavy atom. The summed E-state index contributed by atoms with van der Waals surface area (Å²) in [5.74, 6) is 0. The molecule has 3 aromatic rings. The lowest BCUT2D eigenvalue weighted by molar-refractivity contribution is 0.591. The van der Waals surface area contributed by atoms with Crippen molar-refractivity contribution in [1.29, 1.82) is 0 Å². The zero-order chi connectivity index (χ0) is 16.6. The minimum Gasteiger partial charge on any atom is -0.334 e. The van der Waals surface area contributed by atoms with Gasteiger partial charge in [0.1, 0.15) is 0 Å². The molecule has 1 N–H and O–H groups in total. The predicted molar refractivity (Wildman–Crippen MR) is 88.8 cm³/mol. The molecule has 0 aliphatic heterocycles. The van der Waals surface area contributed by atoms with Gasteiger partial charge in [-0.15, -0.1) is 0 Å². The molecule has 0 saturated carbocycles. The zero-order valence-corrected chi connectivity index (χ0v) is 14.1. The van der Waals surface area contributed by atoms with Gasteiger partial charge in [0.15, 0.2) is 5.03 Å². The van der Waals surface area contributed by atoms with Crippen molar-refractivity contribution >= 4 is 26.6 Å². The Morgan fingerprint density at radius 1 is 1.26 bits per heavy atom. The number of hydrogen-bond acceptors (Lipinski definition) is 4. The Kier molecular flexibility index (Phi) is 3.85. The Morgan fingerprint density at radius 3 is 2.70 bits per heavy atom. The molecule has 23 heavy (non-hydrogen) atoms. The average molecular weight is 333 g/mol. The number of hydrogen-bond donors (Lipinski definition) is 1. The topological polar surface area (TPSA) is 81.8 Å². The van der Waals surface area contributed by atoms with Gasteiger partial charge in [0.05, 0.1) is 17.5 Å². The number of benzene rings is 1. The monoisotopic (exact) mass is 333 g/mol. The molecule has 1 aromatic carbocycles. The molecule has 0 fully saturated rings. The first-order valence-electron chi connectivity index (χ1n) is 7.42. The van der Waals surface area contributed by atoms with Crippen LogP contribution in [0.4, 0.5) is 5.69 Å². The minimum atomic E-state index is -3.71. The fourth-order valence-corrected chi connectivity index (χ4v) is 3.23. The lowest BCUT2D eigenvalue weighted by atomic mass is 10.2. The van der Waals surface area contributed by atoms with Crippen LogP contribution in [0.15, 0.2) is 41.9 Å². The van der Waals surface area contributed by atoms with Crippen molar-refractivity contribution in [2.75, 3.05) is 4.72 Å². The number of sulfonamides is 1. The molecule has 0 atom stereocenters. The number of imidazole rings is 1. The van der Waals surface area contributed by atoms with Crippen LogP contribution in [0, 0.1) is 0 Å². The van der Waals surface area contributed by atoms with Crippen LogP contribution in [0.1, 0.15) is 26.8 Å². The van der Waals surface area contributed by atoms with E-state index in [1.165, 1.54) is 12.5 Å². The number of fused-ring (bicyclic) bond motifs is 1. The van der Waals surface area contributed by atoms with Crippen LogP contribution >= 0.6 is 0 Å². The molecule has 2 aromatic heterocycles. The van der Waals surface area contributed by atoms with Gasteiger partial charge in [0, 0.05) is 30.4 Å². The first-order valence-corrected chi connectivity index (χ1v) is 8.91. The van der Waals surface area contributed by atoms with Gasteiger partial charge in [-0.2, -0.15) is 13.5 Å². The van der Waals surface area contributed by atoms with Gasteiger partial charge in [-0.25, -0.2) is 4.98 Å². The molecule has 0 spiro atoms. The summed E-state index contributed by atoms with van der Waals surface area (Å²) in [6, 6.07) is 5.44. The van der Waals surface area contributed by atoms with Crippen molar-refractivity contribution in [2.45, 2.75) is 38.4 Å². The number of anilines is 1. The van der Waals surface area contributed by atoms with Crippen molar-refractivity contribution in [2.24, 2.45) is 0 Å². The average Bonchev–Trinajstić information content (AvgIpc) is 3.13. The van der Waals surface area contributed by atoms with E-state index in [9.17, 15) is 8.42 Å². The molecule has 2 heterocycles. The highest BCUT2D eigenvalue weighted by atomic mass is 32.2. The van der Waals surface area contributed by atoms with Crippen LogP contribution < -0.4 is 4.72 Å². The van der Waals surface area contributed by atoms with Gasteiger partial charge in [-0.1, -0.05) is 0 Å². The van der Waals surface area contributed by atoms with Crippen LogP contribution in [0.2, 0.25) is 0 Å². The summed E-state index contributed by atoms with van der Waals surface area (Å²) in [6.07, 6.45) is 4.97. The SMILES string of the molecule is CCn1cc2ccc(NS(=O)(=O)c3cn(C(C)C)cn3)cc2n1. The summed E-state index contributed by atoms with van der Waals surface area (Å²) in [6.45, 7) is 6.69. The lowest BCUT2D eigenvalue weighted by Crippen LogP contribution is -2.13. The van der Waals surface area contributed by atoms with Crippen molar-refractivity contribution in [1.82, 2.24) is 19.3 Å². The third-order valence-corrected chi connectivity index (χ3v) is 4.85. The van der Waals surface area contributed by atoms with Crippen LogP contribution in [0.3, 0.4) is 0 Å². The summed E-state index contributed by atoms with van der Waals surface area (Å²) in [5, 5.41) is 5.36. The van der Waals surface area contributed by atoms with Gasteiger partial charge in [0.2, 0.25) is 0 Å². The first-order chi connectivity index (χ1) is 10.9. The molecule has 0 bridgehead atoms. The zero-order valence-electron chi connectivity index (χ0n) is 13.3. The Bertz CT molecular complexity index is 940. The summed E-state index contributed by atoms with van der Waals surface area (Å²) in [7, 11) is -3.71. The highest BCUT2D eigenvalue weighted by Crippen LogP contribution is 2.21. The Labute approximate surface area is 135 Å². The maximum Gasteiger partial charge on any atom is 0.280 e. The first kappa shape index (κ1) is 15.5. The molecule has 0 aliphatic rings. The molecule has 0 saturated heterocycles. The molecule has 0 radical (unpaired) electrons. The van der Waals surface area contributed by atoms with Gasteiger partial charge in [0.25, 0.3) is 10.0 Å². The van der Waals surface area contributed by atoms with Crippen molar-refractivity contribution in [3.05, 3.63) is 36.9 Å². The molecular weight excluding hydrogens is 314 g/mol. The van der Waals surface area contributed by atoms with E-state index in [1.54, 1.807) is 16.7 Å². The standard InChI is InChI=1S/C15H19N5O2S/c1-4-20-8-12-5-6-13(7-14(12)17-20)18-23(21,22)15-9-19(10-16-15)11(2)3/h5-11,18H,4H2,1-3H3. The third-order valence-electron chi connectivity index (χ3n) is 3.58. The van der Waals surface area contributed by atoms with Crippen molar-refractivity contribution in [3.8, 4) is 0 Å². The lowest BCUT2D eigenvalue weighted by Gasteiger charge is -2.06. The predicted octanol–water partition coefficient (Wildman–Crippen LogP) is 2.63. The number of aromatic nitrogens is 4. The van der Waals surface area contributed by atoms with Gasteiger partial charge in [-0.3, -0.25) is 9.40 Å². The number of nitrogens with zero attached hydrogens (tertiary/aromatic N) is 4. The molecule has 3 rings (SSSR count). The van der Waals surface area contributed by atoms with Gasteiger partial charge >= 0.3 is 0 Å². The third kappa shape index (κ3) is 3.07. The van der Waals surface area contributed by atoms with E-state index in [-0.39, 0.29) is 11.1 Å². The van der Waals surface area contributed by atoms with E-state index in [0.717, 1.165) is 17.4 Å². The second-order valence-electron chi connectivity index (χ2n) is 5.62. The molecule has 8 heteroatoms. The smallest absolute Gasteiger partial charge is 0.280 e. The maximum atomic E-state index is 12.4. The largest absolute Gasteiger partial charge is 0.334 e. The quantitative estimate of drug-likeness (QED) is 0.778. The van der Waals surface area contributed by atoms with E-state index in [2.05, 4.69) is 14.8 Å². The second kappa shape index (κ2) is 5.69. The van der Waals surface area contributed by atoms with E-state index in [4.69, 9.17) is 0 Å². The van der Waals surface area contributed by atoms with Gasteiger partial charge < -0.3 is 4.57 Å². The molecular formula is C15H19N5O2S. The second-order valence-corrected chi connectivity index (χ2v) is 7.25. The number of nitrogens with one attached hydrogen (secondary N) is 1. The molecule has 122 valence electrons. The molecule has 0 aliphatic carbocycles. The molecule has 7 nitrogen and oxygen atoms in total. The molecule has 0 amide bonds. The van der Waals surface area contributed by atoms with Crippen molar-refractivity contribution < 1.29 is 8.42 Å². The summed E-state index contributed by atoms with van der Waals surface area (Å²) in [4.78, 5) is 3.98. The fraction of sp³-hybridized carbons (Fsp3) is 0.333. The summed E-state index contributed by atoms with van der Waals surface area (Å²) < 4.78 is 31.0. The normalized spacial score (nSPS) is 12.2. The van der Waals surface area contributed by atoms with E-state index in [1.807, 2.05) is 37.7 Å². The van der Waals surface area contributed by atoms with Crippen LogP contribution in [-0.4, -0.2) is 27.7 Å². The number of rotatable bonds is 5. The van der Waals surface area contributed by atoms with E-state index >= 15 is 0 Å². The maximum absolute atomic E-state index is 12.4.